The third-order valence-electron chi connectivity index (χ3n) is 3.38. The van der Waals surface area contributed by atoms with E-state index in [1.165, 1.54) is 16.0 Å². The first-order chi connectivity index (χ1) is 10.6. The number of nitrogens with one attached hydrogen (secondary N) is 2. The number of rotatable bonds is 6. The van der Waals surface area contributed by atoms with Crippen LogP contribution in [0.4, 0.5) is 0 Å². The summed E-state index contributed by atoms with van der Waals surface area (Å²) in [6.07, 6.45) is 1.05. The number of thiocarbonyl (C=S) groups is 1. The van der Waals surface area contributed by atoms with Gasteiger partial charge in [-0.15, -0.1) is 11.3 Å². The van der Waals surface area contributed by atoms with Crippen LogP contribution < -0.4 is 10.6 Å². The Balaban J connectivity index is 2.16. The predicted molar refractivity (Wildman–Crippen MR) is 101 cm³/mol. The molecule has 0 fully saturated rings. The molecule has 0 bridgehead atoms. The molecule has 0 saturated heterocycles. The topological polar surface area (TPSA) is 24.1 Å². The molecule has 22 heavy (non-hydrogen) atoms. The van der Waals surface area contributed by atoms with Crippen molar-refractivity contribution < 1.29 is 0 Å². The van der Waals surface area contributed by atoms with Crippen LogP contribution in [0.5, 0.6) is 0 Å². The third-order valence-corrected chi connectivity index (χ3v) is 4.57. The van der Waals surface area contributed by atoms with E-state index < -0.39 is 0 Å². The van der Waals surface area contributed by atoms with E-state index >= 15 is 0 Å². The van der Waals surface area contributed by atoms with Crippen LogP contribution >= 0.6 is 23.6 Å². The van der Waals surface area contributed by atoms with Gasteiger partial charge in [0.15, 0.2) is 5.11 Å². The molecule has 116 valence electrons. The first-order valence-corrected chi connectivity index (χ1v) is 8.70. The average molecular weight is 331 g/mol. The van der Waals surface area contributed by atoms with Crippen LogP contribution in [0.2, 0.25) is 0 Å². The zero-order valence-electron chi connectivity index (χ0n) is 13.1. The molecule has 2 N–H and O–H groups in total. The first kappa shape index (κ1) is 16.7. The molecule has 0 radical (unpaired) electrons. The summed E-state index contributed by atoms with van der Waals surface area (Å²) in [5.74, 6) is 0. The third kappa shape index (κ3) is 4.68. The number of aryl methyl sites for hydroxylation is 1. The largest absolute Gasteiger partial charge is 0.359 e. The van der Waals surface area contributed by atoms with Gasteiger partial charge in [-0.2, -0.15) is 0 Å². The summed E-state index contributed by atoms with van der Waals surface area (Å²) in [5, 5.41) is 9.36. The van der Waals surface area contributed by atoms with Crippen molar-refractivity contribution in [3.63, 3.8) is 0 Å². The van der Waals surface area contributed by atoms with Gasteiger partial charge >= 0.3 is 0 Å². The molecular weight excluding hydrogens is 308 g/mol. The predicted octanol–water partition coefficient (Wildman–Crippen LogP) is 4.44. The van der Waals surface area contributed by atoms with Gasteiger partial charge in [0.05, 0.1) is 6.04 Å². The fourth-order valence-corrected chi connectivity index (χ4v) is 3.13. The normalized spacial score (nSPS) is 11.7. The summed E-state index contributed by atoms with van der Waals surface area (Å²) >= 11 is 7.15. The Kier molecular flexibility index (Phi) is 6.16. The van der Waals surface area contributed by atoms with Crippen molar-refractivity contribution in [1.82, 2.24) is 10.6 Å². The lowest BCUT2D eigenvalue weighted by molar-refractivity contribution is 0.757. The minimum atomic E-state index is 0.0797. The minimum Gasteiger partial charge on any atom is -0.359 e. The summed E-state index contributed by atoms with van der Waals surface area (Å²) in [7, 11) is 0. The fourth-order valence-electron chi connectivity index (χ4n) is 2.13. The molecule has 2 aromatic rings. The van der Waals surface area contributed by atoms with Gasteiger partial charge in [0.2, 0.25) is 0 Å². The van der Waals surface area contributed by atoms with Crippen LogP contribution in [0, 0.1) is 0 Å². The van der Waals surface area contributed by atoms with Crippen LogP contribution in [0.25, 0.3) is 0 Å². The maximum absolute atomic E-state index is 5.41. The SMILES string of the molecule is C=C(C)CNC(=S)N[C@H](c1ccc(CC)cc1)c1cccs1. The van der Waals surface area contributed by atoms with E-state index in [1.807, 2.05) is 6.92 Å². The quantitative estimate of drug-likeness (QED) is 0.605. The van der Waals surface area contributed by atoms with Crippen molar-refractivity contribution in [2.45, 2.75) is 26.3 Å². The van der Waals surface area contributed by atoms with Crippen molar-refractivity contribution >= 4 is 28.7 Å². The molecule has 1 aromatic heterocycles. The summed E-state index contributed by atoms with van der Waals surface area (Å²) in [6.45, 7) is 8.73. The maximum Gasteiger partial charge on any atom is 0.167 e. The van der Waals surface area contributed by atoms with E-state index in [1.54, 1.807) is 11.3 Å². The molecule has 1 heterocycles. The molecule has 2 rings (SSSR count). The van der Waals surface area contributed by atoms with Crippen molar-refractivity contribution in [2.24, 2.45) is 0 Å². The summed E-state index contributed by atoms with van der Waals surface area (Å²) in [5.41, 5.74) is 3.62. The van der Waals surface area contributed by atoms with Crippen LogP contribution in [0.15, 0.2) is 53.9 Å². The molecule has 0 aliphatic carbocycles. The first-order valence-electron chi connectivity index (χ1n) is 7.41. The summed E-state index contributed by atoms with van der Waals surface area (Å²) in [6, 6.07) is 13.0. The monoisotopic (exact) mass is 330 g/mol. The van der Waals surface area contributed by atoms with Crippen LogP contribution in [-0.4, -0.2) is 11.7 Å². The second kappa shape index (κ2) is 8.11. The molecular formula is C18H22N2S2. The molecule has 0 unspecified atom stereocenters. The zero-order chi connectivity index (χ0) is 15.9. The minimum absolute atomic E-state index is 0.0797. The van der Waals surface area contributed by atoms with E-state index in [9.17, 15) is 0 Å². The number of benzene rings is 1. The standard InChI is InChI=1S/C18H22N2S2/c1-4-14-7-9-15(10-8-14)17(16-6-5-11-22-16)20-18(21)19-12-13(2)3/h5-11,17H,2,4,12H2,1,3H3,(H2,19,20,21)/t17-/m1/s1. The van der Waals surface area contributed by atoms with E-state index in [2.05, 4.69) is 65.9 Å². The highest BCUT2D eigenvalue weighted by Gasteiger charge is 2.16. The lowest BCUT2D eigenvalue weighted by Gasteiger charge is -2.21. The molecule has 0 aliphatic heterocycles. The molecule has 0 saturated carbocycles. The van der Waals surface area contributed by atoms with Crippen molar-refractivity contribution in [3.05, 3.63) is 69.9 Å². The number of hydrogen-bond donors (Lipinski definition) is 2. The Morgan fingerprint density at radius 1 is 1.27 bits per heavy atom. The van der Waals surface area contributed by atoms with Gasteiger partial charge in [0, 0.05) is 11.4 Å². The molecule has 2 nitrogen and oxygen atoms in total. The number of hydrogen-bond acceptors (Lipinski definition) is 2. The molecule has 4 heteroatoms. The Morgan fingerprint density at radius 3 is 2.55 bits per heavy atom. The van der Waals surface area contributed by atoms with Crippen molar-refractivity contribution in [3.8, 4) is 0 Å². The van der Waals surface area contributed by atoms with Gasteiger partial charge in [-0.05, 0) is 48.1 Å². The van der Waals surface area contributed by atoms with E-state index in [-0.39, 0.29) is 6.04 Å². The maximum atomic E-state index is 5.41. The second-order valence-corrected chi connectivity index (χ2v) is 6.72. The van der Waals surface area contributed by atoms with Crippen LogP contribution in [-0.2, 0) is 6.42 Å². The smallest absolute Gasteiger partial charge is 0.167 e. The highest BCUT2D eigenvalue weighted by atomic mass is 32.1. The lowest BCUT2D eigenvalue weighted by Crippen LogP contribution is -2.38. The van der Waals surface area contributed by atoms with E-state index in [0.717, 1.165) is 12.0 Å². The lowest BCUT2D eigenvalue weighted by atomic mass is 10.0. The van der Waals surface area contributed by atoms with Gasteiger partial charge in [0.1, 0.15) is 0 Å². The molecule has 0 amide bonds. The molecule has 0 aliphatic rings. The fraction of sp³-hybridized carbons (Fsp3) is 0.278. The molecule has 1 aromatic carbocycles. The highest BCUT2D eigenvalue weighted by molar-refractivity contribution is 7.80. The Morgan fingerprint density at radius 2 is 2.00 bits per heavy atom. The number of thiophene rings is 1. The van der Waals surface area contributed by atoms with Gasteiger partial charge in [-0.3, -0.25) is 0 Å². The Bertz CT molecular complexity index is 615. The Labute approximate surface area is 142 Å². The molecule has 0 spiro atoms. The van der Waals surface area contributed by atoms with E-state index in [0.29, 0.717) is 11.7 Å². The average Bonchev–Trinajstić information content (AvgIpc) is 3.05. The van der Waals surface area contributed by atoms with Gasteiger partial charge in [-0.1, -0.05) is 49.4 Å². The van der Waals surface area contributed by atoms with Crippen LogP contribution in [0.3, 0.4) is 0 Å². The summed E-state index contributed by atoms with van der Waals surface area (Å²) in [4.78, 5) is 1.25. The van der Waals surface area contributed by atoms with Gasteiger partial charge < -0.3 is 10.6 Å². The van der Waals surface area contributed by atoms with Crippen molar-refractivity contribution in [2.75, 3.05) is 6.54 Å². The second-order valence-electron chi connectivity index (χ2n) is 5.33. The Hall–Kier alpha value is -1.65. The summed E-state index contributed by atoms with van der Waals surface area (Å²) < 4.78 is 0. The highest BCUT2D eigenvalue weighted by Crippen LogP contribution is 2.26. The van der Waals surface area contributed by atoms with Gasteiger partial charge in [0.25, 0.3) is 0 Å². The van der Waals surface area contributed by atoms with Gasteiger partial charge in [-0.25, -0.2) is 0 Å². The van der Waals surface area contributed by atoms with Crippen molar-refractivity contribution in [1.29, 1.82) is 0 Å². The van der Waals surface area contributed by atoms with Crippen LogP contribution in [0.1, 0.15) is 35.9 Å². The zero-order valence-corrected chi connectivity index (χ0v) is 14.7. The van der Waals surface area contributed by atoms with E-state index in [4.69, 9.17) is 12.2 Å². The molecule has 1 atom stereocenters.